The number of hydrogen-bond donors (Lipinski definition) is 0. The van der Waals surface area contributed by atoms with E-state index >= 15 is 0 Å². The molecule has 0 aromatic carbocycles. The van der Waals surface area contributed by atoms with Gasteiger partial charge in [-0.15, -0.1) is 0 Å². The van der Waals surface area contributed by atoms with E-state index in [0.717, 1.165) is 17.8 Å². The van der Waals surface area contributed by atoms with Crippen molar-refractivity contribution >= 4 is 0 Å². The molecule has 0 spiro atoms. The maximum Gasteiger partial charge on any atom is 0.236 e. The molecule has 4 rings (SSSR count). The smallest absolute Gasteiger partial charge is 0.236 e. The van der Waals surface area contributed by atoms with Gasteiger partial charge >= 0.3 is 0 Å². The van der Waals surface area contributed by atoms with Gasteiger partial charge in [-0.3, -0.25) is 0 Å². The van der Waals surface area contributed by atoms with Crippen LogP contribution in [0.3, 0.4) is 0 Å². The highest BCUT2D eigenvalue weighted by molar-refractivity contribution is 5.06. The molecule has 18 heavy (non-hydrogen) atoms. The third kappa shape index (κ3) is 1.82. The Labute approximate surface area is 109 Å². The molecule has 4 nitrogen and oxygen atoms in total. The molecule has 0 aromatic rings. The highest BCUT2D eigenvalue weighted by atomic mass is 17.3. The lowest BCUT2D eigenvalue weighted by atomic mass is 9.47. The maximum absolute atomic E-state index is 5.51. The topological polar surface area (TPSA) is 36.9 Å². The summed E-state index contributed by atoms with van der Waals surface area (Å²) in [6.45, 7) is 1.97. The summed E-state index contributed by atoms with van der Waals surface area (Å²) in [5, 5.41) is 0. The van der Waals surface area contributed by atoms with Crippen LogP contribution >= 0.6 is 0 Å². The van der Waals surface area contributed by atoms with Crippen LogP contribution in [0.5, 0.6) is 0 Å². The molecule has 0 atom stereocenters. The van der Waals surface area contributed by atoms with Crippen LogP contribution in [-0.4, -0.2) is 20.0 Å². The summed E-state index contributed by atoms with van der Waals surface area (Å²) in [6.07, 6.45) is 7.74. The summed E-state index contributed by atoms with van der Waals surface area (Å²) >= 11 is 0. The van der Waals surface area contributed by atoms with Gasteiger partial charge in [-0.25, -0.2) is 9.78 Å². The molecule has 0 unspecified atom stereocenters. The molecule has 0 saturated heterocycles. The van der Waals surface area contributed by atoms with Crippen molar-refractivity contribution in [3.63, 3.8) is 0 Å². The molecular formula is C14H24O4. The van der Waals surface area contributed by atoms with Crippen molar-refractivity contribution in [3.8, 4) is 0 Å². The summed E-state index contributed by atoms with van der Waals surface area (Å²) in [5.41, 5.74) is 0.0633. The van der Waals surface area contributed by atoms with Gasteiger partial charge in [-0.1, -0.05) is 0 Å². The van der Waals surface area contributed by atoms with E-state index in [9.17, 15) is 0 Å². The predicted molar refractivity (Wildman–Crippen MR) is 65.2 cm³/mol. The molecule has 104 valence electrons. The van der Waals surface area contributed by atoms with E-state index in [4.69, 9.17) is 19.6 Å². The van der Waals surface area contributed by atoms with Crippen LogP contribution in [0.2, 0.25) is 0 Å². The Hall–Kier alpha value is -0.160. The molecule has 4 bridgehead atoms. The van der Waals surface area contributed by atoms with Crippen LogP contribution < -0.4 is 0 Å². The van der Waals surface area contributed by atoms with E-state index in [1.165, 1.54) is 52.7 Å². The first-order chi connectivity index (χ1) is 8.61. The minimum absolute atomic E-state index is 0.0633. The minimum atomic E-state index is -0.785. The highest BCUT2D eigenvalue weighted by Gasteiger charge is 2.61. The third-order valence-corrected chi connectivity index (χ3v) is 5.49. The fraction of sp³-hybridized carbons (Fsp3) is 1.00. The molecule has 4 aliphatic rings. The van der Waals surface area contributed by atoms with Crippen molar-refractivity contribution in [2.24, 2.45) is 23.2 Å². The van der Waals surface area contributed by atoms with Crippen molar-refractivity contribution in [1.82, 2.24) is 0 Å². The normalized spacial score (nSPS) is 42.5. The molecule has 0 N–H and O–H groups in total. The minimum Gasteiger partial charge on any atom is -0.237 e. The summed E-state index contributed by atoms with van der Waals surface area (Å²) in [5.74, 6) is 1.75. The lowest BCUT2D eigenvalue weighted by molar-refractivity contribution is -0.528. The zero-order valence-electron chi connectivity index (χ0n) is 11.6. The fourth-order valence-electron chi connectivity index (χ4n) is 5.18. The first-order valence-electron chi connectivity index (χ1n) is 7.04. The van der Waals surface area contributed by atoms with Gasteiger partial charge < -0.3 is 0 Å². The quantitative estimate of drug-likeness (QED) is 0.430. The van der Waals surface area contributed by atoms with Gasteiger partial charge in [0, 0.05) is 5.41 Å². The molecule has 0 aliphatic heterocycles. The van der Waals surface area contributed by atoms with Crippen molar-refractivity contribution in [1.29, 1.82) is 0 Å². The van der Waals surface area contributed by atoms with Crippen LogP contribution in [0, 0.1) is 23.2 Å². The molecule has 4 aliphatic carbocycles. The van der Waals surface area contributed by atoms with Gasteiger partial charge in [0.2, 0.25) is 5.79 Å². The van der Waals surface area contributed by atoms with Crippen molar-refractivity contribution in [2.45, 2.75) is 51.2 Å². The van der Waals surface area contributed by atoms with E-state index in [2.05, 4.69) is 0 Å². The average Bonchev–Trinajstić information content (AvgIpc) is 2.27. The standard InChI is InChI=1S/C14H24O4/c1-13(17-15-2,18-16-3)14-7-10-4-11(8-14)6-12(5-10)9-14/h10-12H,4-9H2,1-3H3. The number of rotatable bonds is 5. The Kier molecular flexibility index (Phi) is 3.17. The molecule has 4 saturated carbocycles. The van der Waals surface area contributed by atoms with E-state index in [-0.39, 0.29) is 5.41 Å². The second-order valence-electron chi connectivity index (χ2n) is 6.64. The summed E-state index contributed by atoms with van der Waals surface area (Å²) < 4.78 is 0. The van der Waals surface area contributed by atoms with Gasteiger partial charge in [-0.2, -0.15) is 9.78 Å². The largest absolute Gasteiger partial charge is 0.237 e. The van der Waals surface area contributed by atoms with Crippen LogP contribution in [0.15, 0.2) is 0 Å². The van der Waals surface area contributed by atoms with Crippen LogP contribution in [0.1, 0.15) is 45.4 Å². The van der Waals surface area contributed by atoms with Crippen molar-refractivity contribution < 1.29 is 19.6 Å². The van der Waals surface area contributed by atoms with Gasteiger partial charge in [0.05, 0.1) is 14.2 Å². The summed E-state index contributed by atoms with van der Waals surface area (Å²) in [4.78, 5) is 20.9. The molecule has 0 amide bonds. The molecule has 0 heterocycles. The SMILES string of the molecule is COOC(C)(OOC)C12CC3CC(CC(C3)C1)C2. The van der Waals surface area contributed by atoms with E-state index in [1.54, 1.807) is 0 Å². The molecular weight excluding hydrogens is 232 g/mol. The molecule has 0 radical (unpaired) electrons. The second kappa shape index (κ2) is 4.44. The zero-order chi connectivity index (χ0) is 12.8. The van der Waals surface area contributed by atoms with Crippen molar-refractivity contribution in [2.75, 3.05) is 14.2 Å². The zero-order valence-corrected chi connectivity index (χ0v) is 11.6. The van der Waals surface area contributed by atoms with E-state index < -0.39 is 5.79 Å². The lowest BCUT2D eigenvalue weighted by Gasteiger charge is -2.60. The van der Waals surface area contributed by atoms with Gasteiger partial charge in [0.15, 0.2) is 0 Å². The Bertz CT molecular complexity index is 274. The Morgan fingerprint density at radius 3 is 1.56 bits per heavy atom. The average molecular weight is 256 g/mol. The fourth-order valence-corrected chi connectivity index (χ4v) is 5.18. The van der Waals surface area contributed by atoms with Crippen molar-refractivity contribution in [3.05, 3.63) is 0 Å². The van der Waals surface area contributed by atoms with Gasteiger partial charge in [-0.05, 0) is 63.2 Å². The Morgan fingerprint density at radius 1 is 0.833 bits per heavy atom. The van der Waals surface area contributed by atoms with E-state index in [0.29, 0.717) is 0 Å². The Balaban J connectivity index is 1.88. The molecule has 4 heteroatoms. The van der Waals surface area contributed by atoms with Crippen LogP contribution in [-0.2, 0) is 19.6 Å². The maximum atomic E-state index is 5.51. The first kappa shape index (κ1) is 12.9. The van der Waals surface area contributed by atoms with Gasteiger partial charge in [0.25, 0.3) is 0 Å². The Morgan fingerprint density at radius 2 is 1.22 bits per heavy atom. The lowest BCUT2D eigenvalue weighted by Crippen LogP contribution is -2.59. The van der Waals surface area contributed by atoms with E-state index in [1.807, 2.05) is 6.92 Å². The predicted octanol–water partition coefficient (Wildman–Crippen LogP) is 3.08. The van der Waals surface area contributed by atoms with Gasteiger partial charge in [0.1, 0.15) is 0 Å². The number of hydrogen-bond acceptors (Lipinski definition) is 4. The second-order valence-corrected chi connectivity index (χ2v) is 6.64. The van der Waals surface area contributed by atoms with Crippen LogP contribution in [0.25, 0.3) is 0 Å². The third-order valence-electron chi connectivity index (χ3n) is 5.49. The monoisotopic (exact) mass is 256 g/mol. The summed E-state index contributed by atoms with van der Waals surface area (Å²) in [6, 6.07) is 0. The molecule has 0 aromatic heterocycles. The summed E-state index contributed by atoms with van der Waals surface area (Å²) in [7, 11) is 3.08. The molecule has 4 fully saturated rings. The highest BCUT2D eigenvalue weighted by Crippen LogP contribution is 2.64. The van der Waals surface area contributed by atoms with Crippen LogP contribution in [0.4, 0.5) is 0 Å². The first-order valence-corrected chi connectivity index (χ1v) is 7.04.